The second-order valence-corrected chi connectivity index (χ2v) is 8.77. The summed E-state index contributed by atoms with van der Waals surface area (Å²) in [6, 6.07) is 17.5. The van der Waals surface area contributed by atoms with Gasteiger partial charge in [-0.2, -0.15) is 4.31 Å². The van der Waals surface area contributed by atoms with Gasteiger partial charge in [0.15, 0.2) is 0 Å². The average molecular weight is 430 g/mol. The number of rotatable bonds is 5. The zero-order chi connectivity index (χ0) is 21.2. The number of nitrogens with zero attached hydrogens (tertiary/aromatic N) is 1. The molecule has 0 atom stereocenters. The van der Waals surface area contributed by atoms with Crippen molar-refractivity contribution in [1.29, 1.82) is 0 Å². The van der Waals surface area contributed by atoms with Crippen molar-refractivity contribution in [3.05, 3.63) is 88.4 Å². The number of amides is 1. The molecule has 3 rings (SSSR count). The van der Waals surface area contributed by atoms with Gasteiger partial charge in [0.1, 0.15) is 5.75 Å². The molecule has 0 aliphatic rings. The van der Waals surface area contributed by atoms with Gasteiger partial charge in [0.25, 0.3) is 15.9 Å². The van der Waals surface area contributed by atoms with Gasteiger partial charge in [0.2, 0.25) is 0 Å². The Morgan fingerprint density at radius 1 is 0.931 bits per heavy atom. The molecule has 7 heteroatoms. The van der Waals surface area contributed by atoms with E-state index in [2.05, 4.69) is 0 Å². The van der Waals surface area contributed by atoms with Crippen LogP contribution in [0.15, 0.2) is 71.6 Å². The summed E-state index contributed by atoms with van der Waals surface area (Å²) in [6.07, 6.45) is 0. The van der Waals surface area contributed by atoms with Gasteiger partial charge in [0.05, 0.1) is 22.7 Å². The maximum atomic E-state index is 13.4. The summed E-state index contributed by atoms with van der Waals surface area (Å²) in [6.45, 7) is 3.69. The monoisotopic (exact) mass is 429 g/mol. The minimum absolute atomic E-state index is 0.0102. The fraction of sp³-hybridized carbons (Fsp3) is 0.136. The molecule has 0 saturated heterocycles. The normalized spacial score (nSPS) is 11.2. The van der Waals surface area contributed by atoms with Crippen LogP contribution in [0.5, 0.6) is 5.75 Å². The Morgan fingerprint density at radius 2 is 1.62 bits per heavy atom. The smallest absolute Gasteiger partial charge is 0.272 e. The van der Waals surface area contributed by atoms with Crippen molar-refractivity contribution in [2.75, 3.05) is 11.4 Å². The van der Waals surface area contributed by atoms with Crippen LogP contribution in [-0.2, 0) is 10.0 Å². The number of benzene rings is 3. The molecule has 0 radical (unpaired) electrons. The van der Waals surface area contributed by atoms with E-state index in [0.29, 0.717) is 5.75 Å². The summed E-state index contributed by atoms with van der Waals surface area (Å²) in [5.41, 5.74) is 2.14. The third kappa shape index (κ3) is 4.28. The van der Waals surface area contributed by atoms with E-state index in [4.69, 9.17) is 16.3 Å². The number of ether oxygens (including phenoxy) is 1. The topological polar surface area (TPSA) is 63.7 Å². The van der Waals surface area contributed by atoms with E-state index in [0.717, 1.165) is 15.4 Å². The largest absolute Gasteiger partial charge is 0.495 e. The average Bonchev–Trinajstić information content (AvgIpc) is 2.68. The number of anilines is 1. The molecule has 0 heterocycles. The molecule has 0 saturated carbocycles. The number of methoxy groups -OCH3 is 1. The van der Waals surface area contributed by atoms with E-state index in [-0.39, 0.29) is 21.2 Å². The summed E-state index contributed by atoms with van der Waals surface area (Å²) >= 11 is 6.21. The Bertz CT molecular complexity index is 1160. The Morgan fingerprint density at radius 3 is 2.21 bits per heavy atom. The molecular weight excluding hydrogens is 410 g/mol. The van der Waals surface area contributed by atoms with Crippen molar-refractivity contribution in [2.45, 2.75) is 18.7 Å². The van der Waals surface area contributed by atoms with Gasteiger partial charge in [-0.3, -0.25) is 4.79 Å². The maximum Gasteiger partial charge on any atom is 0.272 e. The SMILES string of the molecule is COc1ccc(N(C(=O)c2cccc(C)c2)S(=O)(=O)c2ccc(C)cc2)cc1Cl. The van der Waals surface area contributed by atoms with Crippen LogP contribution >= 0.6 is 11.6 Å². The number of aryl methyl sites for hydroxylation is 2. The standard InChI is InChI=1S/C22H20ClNO4S/c1-15-7-10-19(11-8-15)29(26,27)24(18-9-12-21(28-3)20(23)14-18)22(25)17-6-4-5-16(2)13-17/h4-14H,1-3H3. The third-order valence-corrected chi connectivity index (χ3v) is 6.40. The fourth-order valence-corrected chi connectivity index (χ4v) is 4.52. The van der Waals surface area contributed by atoms with Gasteiger partial charge in [0, 0.05) is 5.56 Å². The lowest BCUT2D eigenvalue weighted by atomic mass is 10.1. The molecule has 0 spiro atoms. The second kappa shape index (κ2) is 8.27. The lowest BCUT2D eigenvalue weighted by molar-refractivity contribution is 0.101. The first kappa shape index (κ1) is 20.9. The molecule has 0 aromatic heterocycles. The van der Waals surface area contributed by atoms with E-state index in [1.165, 1.54) is 37.4 Å². The van der Waals surface area contributed by atoms with E-state index in [9.17, 15) is 13.2 Å². The van der Waals surface area contributed by atoms with Crippen LogP contribution in [-0.4, -0.2) is 21.4 Å². The van der Waals surface area contributed by atoms with Crippen molar-refractivity contribution < 1.29 is 17.9 Å². The summed E-state index contributed by atoms with van der Waals surface area (Å²) in [4.78, 5) is 13.3. The Balaban J connectivity index is 2.19. The number of halogens is 1. The van der Waals surface area contributed by atoms with Crippen molar-refractivity contribution in [3.8, 4) is 5.75 Å². The summed E-state index contributed by atoms with van der Waals surface area (Å²) < 4.78 is 32.8. The highest BCUT2D eigenvalue weighted by Gasteiger charge is 2.32. The van der Waals surface area contributed by atoms with Gasteiger partial charge < -0.3 is 4.74 Å². The molecule has 0 aliphatic carbocycles. The van der Waals surface area contributed by atoms with Crippen LogP contribution < -0.4 is 9.04 Å². The van der Waals surface area contributed by atoms with Crippen LogP contribution in [0.25, 0.3) is 0 Å². The van der Waals surface area contributed by atoms with E-state index < -0.39 is 15.9 Å². The minimum Gasteiger partial charge on any atom is -0.495 e. The summed E-state index contributed by atoms with van der Waals surface area (Å²) in [5, 5.41) is 0.200. The number of hydrogen-bond acceptors (Lipinski definition) is 4. The van der Waals surface area contributed by atoms with Gasteiger partial charge >= 0.3 is 0 Å². The first-order chi connectivity index (χ1) is 13.7. The van der Waals surface area contributed by atoms with Gasteiger partial charge in [-0.05, 0) is 56.3 Å². The molecule has 0 fully saturated rings. The van der Waals surface area contributed by atoms with Crippen LogP contribution in [0.4, 0.5) is 5.69 Å². The Kier molecular flexibility index (Phi) is 5.96. The van der Waals surface area contributed by atoms with Crippen molar-refractivity contribution in [2.24, 2.45) is 0 Å². The number of sulfonamides is 1. The Hall–Kier alpha value is -2.83. The third-order valence-electron chi connectivity index (χ3n) is 4.38. The Labute approximate surface area is 175 Å². The molecule has 3 aromatic carbocycles. The zero-order valence-electron chi connectivity index (χ0n) is 16.2. The number of carbonyl (C=O) groups excluding carboxylic acids is 1. The molecule has 150 valence electrons. The molecule has 5 nitrogen and oxygen atoms in total. The predicted molar refractivity (Wildman–Crippen MR) is 114 cm³/mol. The fourth-order valence-electron chi connectivity index (χ4n) is 2.86. The number of hydrogen-bond donors (Lipinski definition) is 0. The second-order valence-electron chi connectivity index (χ2n) is 6.58. The van der Waals surface area contributed by atoms with Crippen molar-refractivity contribution >= 4 is 33.2 Å². The lowest BCUT2D eigenvalue weighted by Crippen LogP contribution is -2.37. The van der Waals surface area contributed by atoms with Gasteiger partial charge in [-0.25, -0.2) is 8.42 Å². The molecule has 0 bridgehead atoms. The minimum atomic E-state index is -4.18. The molecule has 29 heavy (non-hydrogen) atoms. The van der Waals surface area contributed by atoms with E-state index in [1.807, 2.05) is 19.9 Å². The molecule has 3 aromatic rings. The highest BCUT2D eigenvalue weighted by atomic mass is 35.5. The summed E-state index contributed by atoms with van der Waals surface area (Å²) in [7, 11) is -2.73. The summed E-state index contributed by atoms with van der Waals surface area (Å²) in [5.74, 6) is -0.290. The molecular formula is C22H20ClNO4S. The maximum absolute atomic E-state index is 13.4. The van der Waals surface area contributed by atoms with Crippen molar-refractivity contribution in [1.82, 2.24) is 0 Å². The quantitative estimate of drug-likeness (QED) is 0.572. The number of carbonyl (C=O) groups is 1. The van der Waals surface area contributed by atoms with E-state index in [1.54, 1.807) is 30.3 Å². The van der Waals surface area contributed by atoms with Crippen LogP contribution in [0, 0.1) is 13.8 Å². The van der Waals surface area contributed by atoms with Crippen molar-refractivity contribution in [3.63, 3.8) is 0 Å². The van der Waals surface area contributed by atoms with E-state index >= 15 is 0 Å². The van der Waals surface area contributed by atoms with Crippen LogP contribution in [0.1, 0.15) is 21.5 Å². The van der Waals surface area contributed by atoms with Gasteiger partial charge in [-0.1, -0.05) is 47.0 Å². The first-order valence-corrected chi connectivity index (χ1v) is 10.6. The first-order valence-electron chi connectivity index (χ1n) is 8.80. The molecule has 0 aliphatic heterocycles. The van der Waals surface area contributed by atoms with Crippen LogP contribution in [0.3, 0.4) is 0 Å². The van der Waals surface area contributed by atoms with Crippen LogP contribution in [0.2, 0.25) is 5.02 Å². The highest BCUT2D eigenvalue weighted by molar-refractivity contribution is 7.93. The molecule has 0 unspecified atom stereocenters. The lowest BCUT2D eigenvalue weighted by Gasteiger charge is -2.23. The van der Waals surface area contributed by atoms with Gasteiger partial charge in [-0.15, -0.1) is 0 Å². The predicted octanol–water partition coefficient (Wildman–Crippen LogP) is 5.00. The zero-order valence-corrected chi connectivity index (χ0v) is 17.8. The molecule has 1 amide bonds. The highest BCUT2D eigenvalue weighted by Crippen LogP contribution is 2.33. The molecule has 0 N–H and O–H groups in total.